The summed E-state index contributed by atoms with van der Waals surface area (Å²) in [5, 5.41) is 7.04. The lowest BCUT2D eigenvalue weighted by atomic mass is 10.1. The predicted octanol–water partition coefficient (Wildman–Crippen LogP) is 3.19. The van der Waals surface area contributed by atoms with Crippen molar-refractivity contribution >= 4 is 5.91 Å². The Morgan fingerprint density at radius 1 is 1.33 bits per heavy atom. The normalized spacial score (nSPS) is 15.2. The number of pyridine rings is 1. The predicted molar refractivity (Wildman–Crippen MR) is 99.0 cm³/mol. The zero-order chi connectivity index (χ0) is 18.6. The maximum Gasteiger partial charge on any atom is 0.274 e. The highest BCUT2D eigenvalue weighted by Crippen LogP contribution is 2.22. The van der Waals surface area contributed by atoms with E-state index in [9.17, 15) is 4.79 Å². The van der Waals surface area contributed by atoms with Crippen molar-refractivity contribution in [1.29, 1.82) is 0 Å². The van der Waals surface area contributed by atoms with Crippen LogP contribution in [-0.4, -0.2) is 45.2 Å². The van der Waals surface area contributed by atoms with Crippen molar-refractivity contribution in [2.75, 3.05) is 13.1 Å². The first-order valence-electron chi connectivity index (χ1n) is 9.11. The molecule has 3 aromatic rings. The van der Waals surface area contributed by atoms with E-state index < -0.39 is 0 Å². The van der Waals surface area contributed by atoms with Crippen molar-refractivity contribution in [3.63, 3.8) is 0 Å². The Morgan fingerprint density at radius 3 is 2.89 bits per heavy atom. The minimum atomic E-state index is -0.0634. The van der Waals surface area contributed by atoms with Gasteiger partial charge in [-0.05, 0) is 43.5 Å². The standard InChI is InChI=1S/C20H22N4O3/c1-14-4-5-19(27-14)17-11-18(23-22-17)20(25)24-9-6-16(7-10-24)26-13-15-3-2-8-21-12-15/h2-5,8,11-12,16H,6-7,9-10,13H2,1H3,(H,22,23). The summed E-state index contributed by atoms with van der Waals surface area (Å²) in [5.74, 6) is 1.44. The van der Waals surface area contributed by atoms with Crippen molar-refractivity contribution in [2.45, 2.75) is 32.5 Å². The molecule has 1 N–H and O–H groups in total. The lowest BCUT2D eigenvalue weighted by Crippen LogP contribution is -2.41. The molecule has 4 rings (SSSR count). The molecule has 0 unspecified atom stereocenters. The van der Waals surface area contributed by atoms with Gasteiger partial charge in [-0.15, -0.1) is 0 Å². The van der Waals surface area contributed by atoms with Gasteiger partial charge in [-0.3, -0.25) is 14.9 Å². The van der Waals surface area contributed by atoms with Crippen LogP contribution in [0.15, 0.2) is 47.1 Å². The van der Waals surface area contributed by atoms with E-state index in [1.807, 2.05) is 42.3 Å². The second-order valence-corrected chi connectivity index (χ2v) is 6.74. The molecule has 140 valence electrons. The Labute approximate surface area is 157 Å². The summed E-state index contributed by atoms with van der Waals surface area (Å²) in [4.78, 5) is 18.6. The molecule has 27 heavy (non-hydrogen) atoms. The maximum atomic E-state index is 12.7. The number of ether oxygens (including phenoxy) is 1. The molecule has 0 spiro atoms. The molecule has 1 amide bonds. The molecule has 0 aliphatic carbocycles. The minimum Gasteiger partial charge on any atom is -0.460 e. The Hall–Kier alpha value is -2.93. The third-order valence-electron chi connectivity index (χ3n) is 4.74. The molecule has 1 fully saturated rings. The summed E-state index contributed by atoms with van der Waals surface area (Å²) in [6.07, 6.45) is 5.37. The summed E-state index contributed by atoms with van der Waals surface area (Å²) < 4.78 is 11.5. The average Bonchev–Trinajstić information content (AvgIpc) is 3.36. The number of hydrogen-bond acceptors (Lipinski definition) is 5. The Kier molecular flexibility index (Phi) is 5.02. The number of H-pyrrole nitrogens is 1. The zero-order valence-corrected chi connectivity index (χ0v) is 15.2. The average molecular weight is 366 g/mol. The van der Waals surface area contributed by atoms with E-state index in [0.29, 0.717) is 36.8 Å². The molecular formula is C20H22N4O3. The van der Waals surface area contributed by atoms with Crippen molar-refractivity contribution in [2.24, 2.45) is 0 Å². The minimum absolute atomic E-state index is 0.0634. The summed E-state index contributed by atoms with van der Waals surface area (Å²) in [7, 11) is 0. The number of nitrogens with one attached hydrogen (secondary N) is 1. The molecule has 0 aromatic carbocycles. The molecule has 0 saturated carbocycles. The molecule has 7 nitrogen and oxygen atoms in total. The molecule has 1 saturated heterocycles. The van der Waals surface area contributed by atoms with Gasteiger partial charge in [0, 0.05) is 31.5 Å². The van der Waals surface area contributed by atoms with E-state index >= 15 is 0 Å². The van der Waals surface area contributed by atoms with Crippen molar-refractivity contribution < 1.29 is 13.9 Å². The zero-order valence-electron chi connectivity index (χ0n) is 15.2. The number of carbonyl (C=O) groups excluding carboxylic acids is 1. The molecule has 1 aliphatic rings. The number of hydrogen-bond donors (Lipinski definition) is 1. The molecule has 4 heterocycles. The number of aromatic amines is 1. The van der Waals surface area contributed by atoms with Crippen LogP contribution in [0.25, 0.3) is 11.5 Å². The first kappa shape index (κ1) is 17.5. The highest BCUT2D eigenvalue weighted by atomic mass is 16.5. The second kappa shape index (κ2) is 7.75. The summed E-state index contributed by atoms with van der Waals surface area (Å²) in [5.41, 5.74) is 2.18. The van der Waals surface area contributed by atoms with Gasteiger partial charge < -0.3 is 14.1 Å². The monoisotopic (exact) mass is 366 g/mol. The molecule has 0 radical (unpaired) electrons. The van der Waals surface area contributed by atoms with Gasteiger partial charge in [0.25, 0.3) is 5.91 Å². The number of piperidine rings is 1. The number of amides is 1. The van der Waals surface area contributed by atoms with Gasteiger partial charge in [-0.25, -0.2) is 0 Å². The van der Waals surface area contributed by atoms with Gasteiger partial charge in [0.2, 0.25) is 0 Å². The van der Waals surface area contributed by atoms with Crippen LogP contribution in [-0.2, 0) is 11.3 Å². The lowest BCUT2D eigenvalue weighted by Gasteiger charge is -2.31. The van der Waals surface area contributed by atoms with E-state index in [2.05, 4.69) is 15.2 Å². The van der Waals surface area contributed by atoms with E-state index in [1.54, 1.807) is 12.3 Å². The maximum absolute atomic E-state index is 12.7. The van der Waals surface area contributed by atoms with Crippen LogP contribution in [0, 0.1) is 6.92 Å². The van der Waals surface area contributed by atoms with Gasteiger partial charge in [0.1, 0.15) is 11.5 Å². The number of rotatable bonds is 5. The lowest BCUT2D eigenvalue weighted by molar-refractivity contribution is -0.000597. The van der Waals surface area contributed by atoms with Gasteiger partial charge in [0.15, 0.2) is 11.5 Å². The van der Waals surface area contributed by atoms with E-state index in [4.69, 9.17) is 9.15 Å². The Morgan fingerprint density at radius 2 is 2.19 bits per heavy atom. The summed E-state index contributed by atoms with van der Waals surface area (Å²) >= 11 is 0. The van der Waals surface area contributed by atoms with Crippen LogP contribution in [0.5, 0.6) is 0 Å². The van der Waals surface area contributed by atoms with Crippen LogP contribution in [0.2, 0.25) is 0 Å². The van der Waals surface area contributed by atoms with Gasteiger partial charge >= 0.3 is 0 Å². The molecular weight excluding hydrogens is 344 g/mol. The first-order valence-corrected chi connectivity index (χ1v) is 9.11. The van der Waals surface area contributed by atoms with Crippen LogP contribution in [0.3, 0.4) is 0 Å². The Bertz CT molecular complexity index is 895. The summed E-state index contributed by atoms with van der Waals surface area (Å²) in [6, 6.07) is 9.39. The fourth-order valence-electron chi connectivity index (χ4n) is 3.22. The van der Waals surface area contributed by atoms with E-state index in [0.717, 1.165) is 24.2 Å². The Balaban J connectivity index is 1.30. The van der Waals surface area contributed by atoms with Gasteiger partial charge in [-0.1, -0.05) is 6.07 Å². The van der Waals surface area contributed by atoms with Crippen LogP contribution in [0.4, 0.5) is 0 Å². The fourth-order valence-corrected chi connectivity index (χ4v) is 3.22. The van der Waals surface area contributed by atoms with Gasteiger partial charge in [0.05, 0.1) is 12.7 Å². The SMILES string of the molecule is Cc1ccc(-c2cc(C(=O)N3CCC(OCc4cccnc4)CC3)n[nH]2)o1. The number of nitrogens with zero attached hydrogens (tertiary/aromatic N) is 3. The summed E-state index contributed by atoms with van der Waals surface area (Å²) in [6.45, 7) is 3.77. The molecule has 0 bridgehead atoms. The largest absolute Gasteiger partial charge is 0.460 e. The molecule has 1 aliphatic heterocycles. The number of likely N-dealkylation sites (tertiary alicyclic amines) is 1. The number of aryl methyl sites for hydroxylation is 1. The van der Waals surface area contributed by atoms with Crippen LogP contribution < -0.4 is 0 Å². The first-order chi connectivity index (χ1) is 13.2. The molecule has 7 heteroatoms. The highest BCUT2D eigenvalue weighted by Gasteiger charge is 2.26. The van der Waals surface area contributed by atoms with Crippen molar-refractivity contribution in [3.05, 3.63) is 59.7 Å². The smallest absolute Gasteiger partial charge is 0.274 e. The quantitative estimate of drug-likeness (QED) is 0.750. The van der Waals surface area contributed by atoms with E-state index in [-0.39, 0.29) is 12.0 Å². The number of aromatic nitrogens is 3. The number of furan rings is 1. The van der Waals surface area contributed by atoms with Crippen LogP contribution in [0.1, 0.15) is 34.7 Å². The van der Waals surface area contributed by atoms with Crippen molar-refractivity contribution in [3.8, 4) is 11.5 Å². The van der Waals surface area contributed by atoms with Gasteiger partial charge in [-0.2, -0.15) is 5.10 Å². The topological polar surface area (TPSA) is 84.3 Å². The van der Waals surface area contributed by atoms with E-state index in [1.165, 1.54) is 0 Å². The second-order valence-electron chi connectivity index (χ2n) is 6.74. The van der Waals surface area contributed by atoms with Crippen LogP contribution >= 0.6 is 0 Å². The molecule has 3 aromatic heterocycles. The number of carbonyl (C=O) groups is 1. The third-order valence-corrected chi connectivity index (χ3v) is 4.74. The third kappa shape index (κ3) is 4.09. The van der Waals surface area contributed by atoms with Crippen molar-refractivity contribution in [1.82, 2.24) is 20.1 Å². The fraction of sp³-hybridized carbons (Fsp3) is 0.350. The highest BCUT2D eigenvalue weighted by molar-refractivity contribution is 5.93. The molecule has 0 atom stereocenters.